The molecule has 0 aromatic rings. The molecule has 0 atom stereocenters. The summed E-state index contributed by atoms with van der Waals surface area (Å²) in [5.74, 6) is 0. The summed E-state index contributed by atoms with van der Waals surface area (Å²) < 4.78 is 0. The van der Waals surface area contributed by atoms with Crippen LogP contribution in [0.15, 0.2) is 21.0 Å². The van der Waals surface area contributed by atoms with Crippen molar-refractivity contribution in [1.82, 2.24) is 0 Å². The topological polar surface area (TPSA) is 0 Å². The second-order valence-corrected chi connectivity index (χ2v) is 2.88. The molecule has 7 heavy (non-hydrogen) atoms. The van der Waals surface area contributed by atoms with Crippen LogP contribution < -0.4 is 0 Å². The van der Waals surface area contributed by atoms with Gasteiger partial charge in [0.25, 0.3) is 0 Å². The van der Waals surface area contributed by atoms with Gasteiger partial charge in [-0.05, 0) is 0 Å². The van der Waals surface area contributed by atoms with Crippen molar-refractivity contribution in [3.05, 3.63) is 21.0 Å². The van der Waals surface area contributed by atoms with Gasteiger partial charge in [0.2, 0.25) is 0 Å². The Balaban J connectivity index is 2.98. The maximum atomic E-state index is 5.20. The third-order valence-electron chi connectivity index (χ3n) is 0.260. The van der Waals surface area contributed by atoms with Crippen LogP contribution in [0.2, 0.25) is 0 Å². The number of rotatable bonds is 2. The summed E-state index contributed by atoms with van der Waals surface area (Å²) in [4.78, 5) is 3.74. The van der Waals surface area contributed by atoms with Crippen LogP contribution >= 0.6 is 23.2 Å². The first kappa shape index (κ1) is 7.58. The molecule has 0 aliphatic rings. The van der Waals surface area contributed by atoms with Gasteiger partial charge in [-0.1, -0.05) is 0 Å². The fraction of sp³-hybridized carbons (Fsp3) is 0. The normalized spacial score (nSPS) is 11.7. The molecule has 0 amide bonds. The van der Waals surface area contributed by atoms with E-state index in [9.17, 15) is 0 Å². The molecule has 0 aromatic carbocycles. The van der Waals surface area contributed by atoms with Gasteiger partial charge in [-0.2, -0.15) is 0 Å². The van der Waals surface area contributed by atoms with E-state index in [1.807, 2.05) is 9.95 Å². The Morgan fingerprint density at radius 3 is 1.71 bits per heavy atom. The van der Waals surface area contributed by atoms with Crippen molar-refractivity contribution in [3.8, 4) is 0 Å². The van der Waals surface area contributed by atoms with Gasteiger partial charge in [0, 0.05) is 0 Å². The van der Waals surface area contributed by atoms with Crippen molar-refractivity contribution in [2.75, 3.05) is 0 Å². The third-order valence-corrected chi connectivity index (χ3v) is 2.42. The predicted octanol–water partition coefficient (Wildman–Crippen LogP) is 2.11. The number of hydrogen-bond donors (Lipinski definition) is 0. The van der Waals surface area contributed by atoms with E-state index in [2.05, 4.69) is 0 Å². The summed E-state index contributed by atoms with van der Waals surface area (Å²) in [6, 6.07) is 0. The molecule has 0 saturated heterocycles. The average molecular weight is 202 g/mol. The molecule has 40 valence electrons. The fourth-order valence-electron chi connectivity index (χ4n) is 0.105. The molecule has 0 aliphatic heterocycles. The quantitative estimate of drug-likeness (QED) is 0.601. The van der Waals surface area contributed by atoms with E-state index in [1.54, 1.807) is 0 Å². The van der Waals surface area contributed by atoms with E-state index in [-0.39, 0.29) is 0 Å². The van der Waals surface area contributed by atoms with Gasteiger partial charge in [-0.3, -0.25) is 0 Å². The molecular formula is C4H4Cl2Se. The SMILES string of the molecule is Cl/C=C/[Se]/C=C/Cl. The summed E-state index contributed by atoms with van der Waals surface area (Å²) >= 11 is 10.7. The van der Waals surface area contributed by atoms with Crippen LogP contribution in [0.4, 0.5) is 0 Å². The van der Waals surface area contributed by atoms with Gasteiger partial charge >= 0.3 is 59.2 Å². The van der Waals surface area contributed by atoms with Gasteiger partial charge < -0.3 is 0 Å². The molecule has 3 heteroatoms. The van der Waals surface area contributed by atoms with E-state index < -0.39 is 0 Å². The molecule has 0 aliphatic carbocycles. The Bertz CT molecular complexity index is 67.8. The fourth-order valence-corrected chi connectivity index (χ4v) is 1.16. The monoisotopic (exact) mass is 202 g/mol. The maximum absolute atomic E-state index is 5.20. The second-order valence-electron chi connectivity index (χ2n) is 0.660. The van der Waals surface area contributed by atoms with E-state index in [1.165, 1.54) is 11.1 Å². The molecular weight excluding hydrogens is 198 g/mol. The minimum atomic E-state index is 0.351. The van der Waals surface area contributed by atoms with Crippen LogP contribution in [0.25, 0.3) is 0 Å². The van der Waals surface area contributed by atoms with Crippen LogP contribution in [0.3, 0.4) is 0 Å². The van der Waals surface area contributed by atoms with Gasteiger partial charge in [-0.15, -0.1) is 0 Å². The summed E-state index contributed by atoms with van der Waals surface area (Å²) in [6.45, 7) is 0. The zero-order valence-corrected chi connectivity index (χ0v) is 6.70. The molecule has 0 rings (SSSR count). The molecule has 0 aromatic heterocycles. The summed E-state index contributed by atoms with van der Waals surface area (Å²) in [7, 11) is 0. The Morgan fingerprint density at radius 1 is 1.00 bits per heavy atom. The van der Waals surface area contributed by atoms with Crippen LogP contribution in [-0.2, 0) is 0 Å². The first-order valence-corrected chi connectivity index (χ1v) is 4.43. The molecule has 0 N–H and O–H groups in total. The Labute approximate surface area is 59.3 Å². The standard InChI is InChI=1S/C4H4Cl2Se/c5-1-3-7-4-2-6/h1-4H/b3-1+,4-2+. The zero-order chi connectivity index (χ0) is 5.54. The summed E-state index contributed by atoms with van der Waals surface area (Å²) in [5, 5.41) is 0. The Hall–Kier alpha value is 0.579. The van der Waals surface area contributed by atoms with Crippen LogP contribution in [0.1, 0.15) is 0 Å². The molecule has 0 heterocycles. The predicted molar refractivity (Wildman–Crippen MR) is 35.7 cm³/mol. The first-order chi connectivity index (χ1) is 3.41. The van der Waals surface area contributed by atoms with Gasteiger partial charge in [-0.25, -0.2) is 0 Å². The van der Waals surface area contributed by atoms with Crippen molar-refractivity contribution in [3.63, 3.8) is 0 Å². The van der Waals surface area contributed by atoms with E-state index in [4.69, 9.17) is 23.2 Å². The Morgan fingerprint density at radius 2 is 1.43 bits per heavy atom. The van der Waals surface area contributed by atoms with E-state index >= 15 is 0 Å². The van der Waals surface area contributed by atoms with Crippen molar-refractivity contribution in [1.29, 1.82) is 0 Å². The van der Waals surface area contributed by atoms with Crippen molar-refractivity contribution >= 4 is 38.2 Å². The number of hydrogen-bond acceptors (Lipinski definition) is 0. The Kier molecular flexibility index (Phi) is 7.12. The van der Waals surface area contributed by atoms with Crippen LogP contribution in [0.5, 0.6) is 0 Å². The van der Waals surface area contributed by atoms with Crippen LogP contribution in [-0.4, -0.2) is 15.0 Å². The summed E-state index contributed by atoms with van der Waals surface area (Å²) in [5.41, 5.74) is 2.99. The average Bonchev–Trinajstić information content (AvgIpc) is 1.69. The van der Waals surface area contributed by atoms with Crippen LogP contribution in [0, 0.1) is 0 Å². The second kappa shape index (κ2) is 6.58. The van der Waals surface area contributed by atoms with Crippen molar-refractivity contribution in [2.45, 2.75) is 0 Å². The van der Waals surface area contributed by atoms with Crippen molar-refractivity contribution < 1.29 is 0 Å². The van der Waals surface area contributed by atoms with E-state index in [0.29, 0.717) is 15.0 Å². The van der Waals surface area contributed by atoms with Gasteiger partial charge in [0.15, 0.2) is 0 Å². The number of halogens is 2. The van der Waals surface area contributed by atoms with Gasteiger partial charge in [0.05, 0.1) is 0 Å². The first-order valence-electron chi connectivity index (χ1n) is 1.57. The molecule has 0 unspecified atom stereocenters. The van der Waals surface area contributed by atoms with Gasteiger partial charge in [0.1, 0.15) is 0 Å². The zero-order valence-electron chi connectivity index (χ0n) is 3.47. The molecule has 0 nitrogen and oxygen atoms in total. The summed E-state index contributed by atoms with van der Waals surface area (Å²) in [6.07, 6.45) is 0. The van der Waals surface area contributed by atoms with E-state index in [0.717, 1.165) is 0 Å². The molecule has 0 fully saturated rings. The molecule has 0 saturated carbocycles. The molecule has 0 spiro atoms. The molecule has 0 bridgehead atoms. The van der Waals surface area contributed by atoms with Crippen molar-refractivity contribution in [2.24, 2.45) is 0 Å². The third kappa shape index (κ3) is 6.58. The molecule has 0 radical (unpaired) electrons. The minimum absolute atomic E-state index is 0.351.